The van der Waals surface area contributed by atoms with Crippen molar-refractivity contribution in [2.24, 2.45) is 0 Å². The molecule has 1 rings (SSSR count). The number of ether oxygens (including phenoxy) is 2. The second kappa shape index (κ2) is 8.98. The molecule has 8 nitrogen and oxygen atoms in total. The largest absolute Gasteiger partial charge is 0.504 e. The van der Waals surface area contributed by atoms with E-state index in [2.05, 4.69) is 0 Å². The number of phenols is 2. The average molecular weight is 366 g/mol. The molecule has 0 aromatic heterocycles. The van der Waals surface area contributed by atoms with Crippen LogP contribution in [0.5, 0.6) is 17.2 Å². The van der Waals surface area contributed by atoms with E-state index in [1.807, 2.05) is 0 Å². The predicted molar refractivity (Wildman–Crippen MR) is 90.9 cm³/mol. The quantitative estimate of drug-likeness (QED) is 0.311. The van der Waals surface area contributed by atoms with E-state index in [0.717, 1.165) is 0 Å². The van der Waals surface area contributed by atoms with E-state index < -0.39 is 57.4 Å². The molecule has 0 saturated carbocycles. The SMILES string of the molecule is CCOC(=O)c1c(C(=O)CC)c(O)c(O)c(OC(=O)CC)c1C(=O)CC. The number of aromatic hydroxyl groups is 2. The normalized spacial score (nSPS) is 10.3. The Morgan fingerprint density at radius 2 is 1.31 bits per heavy atom. The van der Waals surface area contributed by atoms with Gasteiger partial charge in [0, 0.05) is 19.3 Å². The van der Waals surface area contributed by atoms with Crippen molar-refractivity contribution in [2.45, 2.75) is 47.0 Å². The summed E-state index contributed by atoms with van der Waals surface area (Å²) in [6.07, 6.45) is -0.287. The molecule has 0 saturated heterocycles. The van der Waals surface area contributed by atoms with Gasteiger partial charge in [-0.2, -0.15) is 0 Å². The third kappa shape index (κ3) is 4.01. The zero-order valence-electron chi connectivity index (χ0n) is 15.2. The molecular weight excluding hydrogens is 344 g/mol. The number of Topliss-reactive ketones (excluding diaryl/α,β-unsaturated/α-hetero) is 2. The third-order valence-electron chi connectivity index (χ3n) is 3.59. The van der Waals surface area contributed by atoms with Gasteiger partial charge in [-0.1, -0.05) is 20.8 Å². The van der Waals surface area contributed by atoms with Crippen LogP contribution in [0.2, 0.25) is 0 Å². The summed E-state index contributed by atoms with van der Waals surface area (Å²) in [5.41, 5.74) is -1.50. The summed E-state index contributed by atoms with van der Waals surface area (Å²) in [5, 5.41) is 20.5. The fourth-order valence-electron chi connectivity index (χ4n) is 2.29. The topological polar surface area (TPSA) is 127 Å². The number of benzene rings is 1. The monoisotopic (exact) mass is 366 g/mol. The van der Waals surface area contributed by atoms with E-state index in [1.54, 1.807) is 0 Å². The van der Waals surface area contributed by atoms with E-state index in [0.29, 0.717) is 0 Å². The highest BCUT2D eigenvalue weighted by Crippen LogP contribution is 2.45. The molecule has 0 spiro atoms. The molecule has 8 heteroatoms. The van der Waals surface area contributed by atoms with Gasteiger partial charge in [0.1, 0.15) is 0 Å². The minimum Gasteiger partial charge on any atom is -0.504 e. The number of carbonyl (C=O) groups is 4. The highest BCUT2D eigenvalue weighted by atomic mass is 16.5. The fraction of sp³-hybridized carbons (Fsp3) is 0.444. The van der Waals surface area contributed by atoms with Gasteiger partial charge in [-0.3, -0.25) is 14.4 Å². The smallest absolute Gasteiger partial charge is 0.339 e. The van der Waals surface area contributed by atoms with Crippen molar-refractivity contribution in [2.75, 3.05) is 6.61 Å². The molecule has 0 radical (unpaired) electrons. The van der Waals surface area contributed by atoms with Gasteiger partial charge >= 0.3 is 11.9 Å². The first-order chi connectivity index (χ1) is 12.2. The maximum atomic E-state index is 12.5. The van der Waals surface area contributed by atoms with Crippen LogP contribution in [0.3, 0.4) is 0 Å². The molecule has 0 bridgehead atoms. The Balaban J connectivity index is 3.99. The molecule has 2 N–H and O–H groups in total. The number of rotatable bonds is 8. The van der Waals surface area contributed by atoms with Crippen LogP contribution >= 0.6 is 0 Å². The van der Waals surface area contributed by atoms with Gasteiger partial charge in [0.2, 0.25) is 5.75 Å². The number of phenolic OH excluding ortho intramolecular Hbond substituents is 2. The van der Waals surface area contributed by atoms with Crippen LogP contribution in [0.15, 0.2) is 0 Å². The van der Waals surface area contributed by atoms with E-state index in [9.17, 15) is 29.4 Å². The summed E-state index contributed by atoms with van der Waals surface area (Å²) in [5.74, 6) is -5.72. The molecule has 26 heavy (non-hydrogen) atoms. The zero-order valence-corrected chi connectivity index (χ0v) is 15.2. The first kappa shape index (κ1) is 21.1. The Morgan fingerprint density at radius 3 is 1.77 bits per heavy atom. The standard InChI is InChI=1S/C18H22O8/c1-5-9(19)12-14(18(24)25-8-4)13(10(20)6-2)17(16(23)15(12)22)26-11(21)7-3/h22-23H,5-8H2,1-4H3. The van der Waals surface area contributed by atoms with Gasteiger partial charge in [-0.15, -0.1) is 0 Å². The molecule has 142 valence electrons. The van der Waals surface area contributed by atoms with Crippen LogP contribution in [0.25, 0.3) is 0 Å². The highest BCUT2D eigenvalue weighted by Gasteiger charge is 2.35. The summed E-state index contributed by atoms with van der Waals surface area (Å²) < 4.78 is 9.88. The van der Waals surface area contributed by atoms with Crippen LogP contribution < -0.4 is 4.74 Å². The van der Waals surface area contributed by atoms with Gasteiger partial charge in [-0.25, -0.2) is 4.79 Å². The number of hydrogen-bond acceptors (Lipinski definition) is 8. The predicted octanol–water partition coefficient (Wildman–Crippen LogP) is 2.78. The molecule has 0 fully saturated rings. The molecule has 0 aliphatic heterocycles. The van der Waals surface area contributed by atoms with E-state index in [4.69, 9.17) is 9.47 Å². The lowest BCUT2D eigenvalue weighted by Gasteiger charge is -2.18. The Kier molecular flexibility index (Phi) is 7.30. The van der Waals surface area contributed by atoms with E-state index >= 15 is 0 Å². The number of ketones is 2. The summed E-state index contributed by atoms with van der Waals surface area (Å²) in [6.45, 7) is 5.94. The van der Waals surface area contributed by atoms with Gasteiger partial charge in [0.15, 0.2) is 23.1 Å². The molecule has 0 heterocycles. The minimum atomic E-state index is -1.04. The molecule has 0 aliphatic rings. The van der Waals surface area contributed by atoms with Crippen molar-refractivity contribution in [3.63, 3.8) is 0 Å². The van der Waals surface area contributed by atoms with Crippen LogP contribution in [-0.4, -0.2) is 40.3 Å². The van der Waals surface area contributed by atoms with Crippen molar-refractivity contribution < 1.29 is 38.9 Å². The van der Waals surface area contributed by atoms with Crippen molar-refractivity contribution in [1.82, 2.24) is 0 Å². The van der Waals surface area contributed by atoms with Crippen LogP contribution in [-0.2, 0) is 9.53 Å². The minimum absolute atomic E-state index is 0.0515. The van der Waals surface area contributed by atoms with Gasteiger partial charge in [-0.05, 0) is 6.92 Å². The van der Waals surface area contributed by atoms with Gasteiger partial charge in [0.05, 0.1) is 23.3 Å². The highest BCUT2D eigenvalue weighted by molar-refractivity contribution is 6.17. The summed E-state index contributed by atoms with van der Waals surface area (Å²) in [7, 11) is 0. The van der Waals surface area contributed by atoms with Crippen molar-refractivity contribution >= 4 is 23.5 Å². The van der Waals surface area contributed by atoms with Crippen LogP contribution in [0.4, 0.5) is 0 Å². The molecule has 0 aliphatic carbocycles. The lowest BCUT2D eigenvalue weighted by atomic mass is 9.91. The Bertz CT molecular complexity index is 748. The molecule has 0 atom stereocenters. The number of carbonyl (C=O) groups excluding carboxylic acids is 4. The van der Waals surface area contributed by atoms with Gasteiger partial charge < -0.3 is 19.7 Å². The average Bonchev–Trinajstić information content (AvgIpc) is 2.63. The Hall–Kier alpha value is -2.90. The molecule has 0 unspecified atom stereocenters. The van der Waals surface area contributed by atoms with Crippen molar-refractivity contribution in [3.8, 4) is 17.2 Å². The first-order valence-electron chi connectivity index (χ1n) is 8.30. The van der Waals surface area contributed by atoms with Gasteiger partial charge in [0.25, 0.3) is 0 Å². The lowest BCUT2D eigenvalue weighted by molar-refractivity contribution is -0.134. The molecule has 1 aromatic carbocycles. The van der Waals surface area contributed by atoms with Crippen molar-refractivity contribution in [1.29, 1.82) is 0 Å². The van der Waals surface area contributed by atoms with E-state index in [-0.39, 0.29) is 25.9 Å². The Morgan fingerprint density at radius 1 is 0.769 bits per heavy atom. The summed E-state index contributed by atoms with van der Waals surface area (Å²) in [4.78, 5) is 48.8. The zero-order chi connectivity index (χ0) is 20.0. The molecular formula is C18H22O8. The lowest BCUT2D eigenvalue weighted by Crippen LogP contribution is -2.20. The number of hydrogen-bond donors (Lipinski definition) is 2. The third-order valence-corrected chi connectivity index (χ3v) is 3.59. The van der Waals surface area contributed by atoms with Crippen LogP contribution in [0, 0.1) is 0 Å². The second-order valence-corrected chi connectivity index (χ2v) is 5.25. The summed E-state index contributed by atoms with van der Waals surface area (Å²) >= 11 is 0. The fourth-order valence-corrected chi connectivity index (χ4v) is 2.29. The number of esters is 2. The van der Waals surface area contributed by atoms with Crippen LogP contribution in [0.1, 0.15) is 78.0 Å². The van der Waals surface area contributed by atoms with Crippen molar-refractivity contribution in [3.05, 3.63) is 16.7 Å². The summed E-state index contributed by atoms with van der Waals surface area (Å²) in [6, 6.07) is 0. The first-order valence-corrected chi connectivity index (χ1v) is 8.30. The maximum absolute atomic E-state index is 12.5. The molecule has 1 aromatic rings. The molecule has 0 amide bonds. The maximum Gasteiger partial charge on any atom is 0.339 e. The Labute approximate surface area is 150 Å². The second-order valence-electron chi connectivity index (χ2n) is 5.25. The van der Waals surface area contributed by atoms with E-state index in [1.165, 1.54) is 27.7 Å².